The van der Waals surface area contributed by atoms with Crippen LogP contribution in [-0.4, -0.2) is 16.2 Å². The highest BCUT2D eigenvalue weighted by atomic mass is 35.5. The van der Waals surface area contributed by atoms with Crippen molar-refractivity contribution in [3.63, 3.8) is 0 Å². The lowest BCUT2D eigenvalue weighted by Crippen LogP contribution is -2.23. The van der Waals surface area contributed by atoms with Crippen LogP contribution in [0.1, 0.15) is 18.5 Å². The molecule has 3 nitrogen and oxygen atoms in total. The van der Waals surface area contributed by atoms with Crippen LogP contribution < -0.4 is 5.73 Å². The van der Waals surface area contributed by atoms with Crippen LogP contribution in [-0.2, 0) is 0 Å². The van der Waals surface area contributed by atoms with Crippen LogP contribution in [0.25, 0.3) is 0 Å². The van der Waals surface area contributed by atoms with Gasteiger partial charge in [0.15, 0.2) is 0 Å². The molecule has 2 atom stereocenters. The molecule has 1 aromatic rings. The molecule has 3 N–H and O–H groups in total. The molecule has 0 saturated carbocycles. The maximum absolute atomic E-state index is 9.24. The first-order valence-electron chi connectivity index (χ1n) is 3.77. The number of nitrogens with zero attached hydrogens (tertiary/aromatic N) is 1. The Hall–Kier alpha value is -0.350. The molecule has 0 saturated heterocycles. The third kappa shape index (κ3) is 2.31. The number of aliphatic hydroxyl groups is 1. The minimum absolute atomic E-state index is 0.204. The Morgan fingerprint density at radius 3 is 2.69 bits per heavy atom. The number of aliphatic hydroxyl groups excluding tert-OH is 1. The van der Waals surface area contributed by atoms with E-state index >= 15 is 0 Å². The molecule has 1 rings (SSSR count). The quantitative estimate of drug-likeness (QED) is 0.748. The van der Waals surface area contributed by atoms with Gasteiger partial charge in [0.2, 0.25) is 0 Å². The van der Waals surface area contributed by atoms with E-state index in [1.54, 1.807) is 13.0 Å². The van der Waals surface area contributed by atoms with Crippen molar-refractivity contribution in [2.45, 2.75) is 19.1 Å². The van der Waals surface area contributed by atoms with Crippen molar-refractivity contribution in [3.05, 3.63) is 28.0 Å². The Balaban J connectivity index is 3.07. The lowest BCUT2D eigenvalue weighted by Gasteiger charge is -2.16. The Kier molecular flexibility index (Phi) is 3.50. The van der Waals surface area contributed by atoms with Gasteiger partial charge >= 0.3 is 0 Å². The summed E-state index contributed by atoms with van der Waals surface area (Å²) < 4.78 is 0. The van der Waals surface area contributed by atoms with Crippen molar-refractivity contribution < 1.29 is 5.11 Å². The summed E-state index contributed by atoms with van der Waals surface area (Å²) in [4.78, 5) is 3.78. The van der Waals surface area contributed by atoms with E-state index in [4.69, 9.17) is 28.9 Å². The summed E-state index contributed by atoms with van der Waals surface area (Å²) >= 11 is 11.5. The van der Waals surface area contributed by atoms with Crippen molar-refractivity contribution in [1.82, 2.24) is 4.98 Å². The van der Waals surface area contributed by atoms with Crippen LogP contribution in [0.15, 0.2) is 12.3 Å². The Labute approximate surface area is 86.5 Å². The summed E-state index contributed by atoms with van der Waals surface area (Å²) in [6.07, 6.45) is 0.835. The number of hydrogen-bond donors (Lipinski definition) is 2. The van der Waals surface area contributed by atoms with E-state index in [0.29, 0.717) is 10.6 Å². The first kappa shape index (κ1) is 10.7. The minimum Gasteiger partial charge on any atom is -0.391 e. The minimum atomic E-state index is -0.670. The van der Waals surface area contributed by atoms with E-state index in [1.807, 2.05) is 0 Å². The van der Waals surface area contributed by atoms with Gasteiger partial charge in [-0.05, 0) is 18.6 Å². The van der Waals surface area contributed by atoms with Gasteiger partial charge in [-0.3, -0.25) is 0 Å². The first-order chi connectivity index (χ1) is 6.04. The van der Waals surface area contributed by atoms with Crippen LogP contribution >= 0.6 is 23.2 Å². The third-order valence-corrected chi connectivity index (χ3v) is 2.54. The van der Waals surface area contributed by atoms with E-state index < -0.39 is 12.1 Å². The maximum atomic E-state index is 9.24. The predicted molar refractivity (Wildman–Crippen MR) is 52.9 cm³/mol. The van der Waals surface area contributed by atoms with Crippen molar-refractivity contribution in [2.75, 3.05) is 0 Å². The van der Waals surface area contributed by atoms with Gasteiger partial charge < -0.3 is 10.8 Å². The van der Waals surface area contributed by atoms with Gasteiger partial charge in [0, 0.05) is 6.20 Å². The zero-order valence-electron chi connectivity index (χ0n) is 7.04. The average Bonchev–Trinajstić information content (AvgIpc) is 2.08. The third-order valence-electron chi connectivity index (χ3n) is 1.76. The molecular formula is C8H10Cl2N2O. The molecule has 0 fully saturated rings. The highest BCUT2D eigenvalue weighted by Crippen LogP contribution is 2.28. The molecule has 0 aliphatic heterocycles. The van der Waals surface area contributed by atoms with Crippen molar-refractivity contribution in [1.29, 1.82) is 0 Å². The van der Waals surface area contributed by atoms with E-state index in [1.165, 1.54) is 6.20 Å². The molecular weight excluding hydrogens is 211 g/mol. The molecule has 1 heterocycles. The van der Waals surface area contributed by atoms with Gasteiger partial charge in [-0.1, -0.05) is 23.2 Å². The maximum Gasteiger partial charge on any atom is 0.147 e. The monoisotopic (exact) mass is 220 g/mol. The molecule has 1 aromatic heterocycles. The summed E-state index contributed by atoms with van der Waals surface area (Å²) in [7, 11) is 0. The molecule has 0 bridgehead atoms. The van der Waals surface area contributed by atoms with E-state index in [-0.39, 0.29) is 5.15 Å². The van der Waals surface area contributed by atoms with Crippen molar-refractivity contribution in [3.8, 4) is 0 Å². The van der Waals surface area contributed by atoms with Crippen LogP contribution in [0.2, 0.25) is 10.2 Å². The average molecular weight is 221 g/mol. The summed E-state index contributed by atoms with van der Waals surface area (Å²) in [6, 6.07) is 1.11. The predicted octanol–water partition coefficient (Wildman–Crippen LogP) is 1.77. The Bertz CT molecular complexity index is 304. The second-order valence-electron chi connectivity index (χ2n) is 2.77. The van der Waals surface area contributed by atoms with Crippen LogP contribution in [0, 0.1) is 0 Å². The van der Waals surface area contributed by atoms with Gasteiger partial charge in [-0.2, -0.15) is 0 Å². The molecule has 0 spiro atoms. The summed E-state index contributed by atoms with van der Waals surface area (Å²) in [5, 5.41) is 9.75. The van der Waals surface area contributed by atoms with Gasteiger partial charge in [0.1, 0.15) is 5.15 Å². The summed E-state index contributed by atoms with van der Waals surface area (Å²) in [6.45, 7) is 1.59. The highest BCUT2D eigenvalue weighted by Gasteiger charge is 2.16. The fourth-order valence-corrected chi connectivity index (χ4v) is 1.35. The number of aromatic nitrogens is 1. The normalized spacial score (nSPS) is 15.5. The number of nitrogens with two attached hydrogens (primary N) is 1. The second-order valence-corrected chi connectivity index (χ2v) is 3.51. The van der Waals surface area contributed by atoms with Crippen LogP contribution in [0.3, 0.4) is 0 Å². The Morgan fingerprint density at radius 2 is 2.15 bits per heavy atom. The summed E-state index contributed by atoms with van der Waals surface area (Å²) in [5.41, 5.74) is 6.29. The van der Waals surface area contributed by atoms with Gasteiger partial charge in [-0.15, -0.1) is 0 Å². The highest BCUT2D eigenvalue weighted by molar-refractivity contribution is 6.41. The molecule has 72 valence electrons. The lowest BCUT2D eigenvalue weighted by molar-refractivity contribution is 0.164. The largest absolute Gasteiger partial charge is 0.391 e. The molecule has 0 aromatic carbocycles. The molecule has 0 aliphatic carbocycles. The van der Waals surface area contributed by atoms with E-state index in [9.17, 15) is 5.11 Å². The second kappa shape index (κ2) is 4.24. The van der Waals surface area contributed by atoms with E-state index in [2.05, 4.69) is 4.98 Å². The fraction of sp³-hybridized carbons (Fsp3) is 0.375. The van der Waals surface area contributed by atoms with Crippen LogP contribution in [0.5, 0.6) is 0 Å². The molecule has 0 aliphatic rings. The van der Waals surface area contributed by atoms with Crippen LogP contribution in [0.4, 0.5) is 0 Å². The van der Waals surface area contributed by atoms with Crippen molar-refractivity contribution in [2.24, 2.45) is 5.73 Å². The smallest absolute Gasteiger partial charge is 0.147 e. The fourth-order valence-electron chi connectivity index (χ4n) is 0.949. The van der Waals surface area contributed by atoms with Gasteiger partial charge in [0.25, 0.3) is 0 Å². The molecule has 0 unspecified atom stereocenters. The SMILES string of the molecule is C[C@H](O)[C@H](N)c1ccnc(Cl)c1Cl. The Morgan fingerprint density at radius 1 is 1.54 bits per heavy atom. The van der Waals surface area contributed by atoms with Gasteiger partial charge in [-0.25, -0.2) is 4.98 Å². The molecule has 13 heavy (non-hydrogen) atoms. The van der Waals surface area contributed by atoms with E-state index in [0.717, 1.165) is 0 Å². The number of rotatable bonds is 2. The van der Waals surface area contributed by atoms with Crippen molar-refractivity contribution >= 4 is 23.2 Å². The topological polar surface area (TPSA) is 59.1 Å². The molecule has 0 amide bonds. The zero-order valence-corrected chi connectivity index (χ0v) is 8.55. The molecule has 5 heteroatoms. The lowest BCUT2D eigenvalue weighted by atomic mass is 10.1. The number of halogens is 2. The number of hydrogen-bond acceptors (Lipinski definition) is 3. The summed E-state index contributed by atoms with van der Waals surface area (Å²) in [5.74, 6) is 0. The zero-order chi connectivity index (χ0) is 10.0. The number of pyridine rings is 1. The standard InChI is InChI=1S/C8H10Cl2N2O/c1-4(13)7(11)5-2-3-12-8(10)6(5)9/h2-4,7,13H,11H2,1H3/t4-,7-/m0/s1. The first-order valence-corrected chi connectivity index (χ1v) is 4.53. The molecule has 0 radical (unpaired) electrons. The van der Waals surface area contributed by atoms with Gasteiger partial charge in [0.05, 0.1) is 17.2 Å².